The number of rotatable bonds is 3. The van der Waals surface area contributed by atoms with E-state index in [1.54, 1.807) is 24.3 Å². The van der Waals surface area contributed by atoms with E-state index in [0.717, 1.165) is 0 Å². The van der Waals surface area contributed by atoms with Crippen LogP contribution in [0.1, 0.15) is 0 Å². The Bertz CT molecular complexity index is 833. The molecular formula is C14H12FN5O2. The lowest BCUT2D eigenvalue weighted by atomic mass is 10.3. The van der Waals surface area contributed by atoms with Crippen LogP contribution in [0.25, 0.3) is 11.2 Å². The molecule has 3 N–H and O–H groups in total. The highest BCUT2D eigenvalue weighted by atomic mass is 19.1. The van der Waals surface area contributed by atoms with Gasteiger partial charge in [-0.25, -0.2) is 19.2 Å². The summed E-state index contributed by atoms with van der Waals surface area (Å²) in [5, 5.41) is 5.33. The van der Waals surface area contributed by atoms with Crippen molar-refractivity contribution in [2.75, 3.05) is 17.7 Å². The standard InChI is InChI=1S/C14H12FN5O2/c1-22-14(21)20-13-18-11-6-8(7-16-12(11)19-13)17-10-5-3-2-4-9(10)15/h2-7,17H,1H3,(H2,16,18,19,20,21). The first kappa shape index (κ1) is 13.8. The van der Waals surface area contributed by atoms with Crippen molar-refractivity contribution in [2.45, 2.75) is 0 Å². The van der Waals surface area contributed by atoms with Gasteiger partial charge in [-0.05, 0) is 18.2 Å². The highest BCUT2D eigenvalue weighted by Crippen LogP contribution is 2.22. The Labute approximate surface area is 124 Å². The van der Waals surface area contributed by atoms with Gasteiger partial charge in [0.1, 0.15) is 11.3 Å². The van der Waals surface area contributed by atoms with Crippen LogP contribution in [0.4, 0.5) is 26.5 Å². The Hall–Kier alpha value is -3.16. The number of amides is 1. The van der Waals surface area contributed by atoms with Crippen molar-refractivity contribution < 1.29 is 13.9 Å². The lowest BCUT2D eigenvalue weighted by molar-refractivity contribution is 0.186. The Morgan fingerprint density at radius 2 is 2.18 bits per heavy atom. The van der Waals surface area contributed by atoms with E-state index >= 15 is 0 Å². The van der Waals surface area contributed by atoms with Gasteiger partial charge in [0, 0.05) is 0 Å². The fourth-order valence-corrected chi connectivity index (χ4v) is 1.89. The summed E-state index contributed by atoms with van der Waals surface area (Å²) in [6, 6.07) is 8.01. The van der Waals surface area contributed by atoms with Crippen molar-refractivity contribution in [1.82, 2.24) is 15.0 Å². The van der Waals surface area contributed by atoms with Gasteiger partial charge in [0.25, 0.3) is 0 Å². The first-order valence-corrected chi connectivity index (χ1v) is 6.38. The second-order valence-electron chi connectivity index (χ2n) is 4.40. The van der Waals surface area contributed by atoms with E-state index in [0.29, 0.717) is 22.5 Å². The largest absolute Gasteiger partial charge is 0.453 e. The van der Waals surface area contributed by atoms with E-state index < -0.39 is 6.09 Å². The summed E-state index contributed by atoms with van der Waals surface area (Å²) in [6.45, 7) is 0. The van der Waals surface area contributed by atoms with Crippen LogP contribution in [0, 0.1) is 5.82 Å². The third kappa shape index (κ3) is 2.80. The molecule has 3 rings (SSSR count). The number of aromatic nitrogens is 3. The molecule has 1 amide bonds. The van der Waals surface area contributed by atoms with Crippen molar-refractivity contribution in [1.29, 1.82) is 0 Å². The lowest BCUT2D eigenvalue weighted by Gasteiger charge is -2.06. The Morgan fingerprint density at radius 1 is 1.36 bits per heavy atom. The van der Waals surface area contributed by atoms with E-state index in [1.165, 1.54) is 19.4 Å². The first-order valence-electron chi connectivity index (χ1n) is 6.38. The first-order chi connectivity index (χ1) is 10.7. The molecule has 1 aromatic carbocycles. The number of para-hydroxylation sites is 1. The summed E-state index contributed by atoms with van der Waals surface area (Å²) in [5.41, 5.74) is 1.93. The average Bonchev–Trinajstić information content (AvgIpc) is 2.91. The molecule has 0 radical (unpaired) electrons. The minimum atomic E-state index is -0.635. The number of nitrogens with one attached hydrogen (secondary N) is 3. The number of imidazole rings is 1. The van der Waals surface area contributed by atoms with Crippen LogP contribution in [0.15, 0.2) is 36.5 Å². The topological polar surface area (TPSA) is 91.9 Å². The van der Waals surface area contributed by atoms with Gasteiger partial charge in [0.05, 0.1) is 24.7 Å². The highest BCUT2D eigenvalue weighted by molar-refractivity contribution is 5.86. The molecule has 22 heavy (non-hydrogen) atoms. The van der Waals surface area contributed by atoms with Gasteiger partial charge in [0.2, 0.25) is 5.95 Å². The SMILES string of the molecule is COC(=O)Nc1nc2cc(Nc3ccccc3F)cnc2[nH]1. The zero-order chi connectivity index (χ0) is 15.5. The van der Waals surface area contributed by atoms with Gasteiger partial charge in [-0.2, -0.15) is 0 Å². The number of benzene rings is 1. The zero-order valence-corrected chi connectivity index (χ0v) is 11.6. The van der Waals surface area contributed by atoms with Crippen molar-refractivity contribution >= 4 is 34.6 Å². The van der Waals surface area contributed by atoms with E-state index in [-0.39, 0.29) is 11.8 Å². The lowest BCUT2D eigenvalue weighted by Crippen LogP contribution is -2.11. The molecule has 0 unspecified atom stereocenters. The molecule has 0 atom stereocenters. The number of ether oxygens (including phenoxy) is 1. The second-order valence-corrected chi connectivity index (χ2v) is 4.40. The van der Waals surface area contributed by atoms with Crippen LogP contribution in [0.2, 0.25) is 0 Å². The Morgan fingerprint density at radius 3 is 2.95 bits per heavy atom. The molecule has 0 aliphatic rings. The molecular weight excluding hydrogens is 289 g/mol. The van der Waals surface area contributed by atoms with Gasteiger partial charge in [-0.1, -0.05) is 12.1 Å². The number of fused-ring (bicyclic) bond motifs is 1. The number of methoxy groups -OCH3 is 1. The highest BCUT2D eigenvalue weighted by Gasteiger charge is 2.09. The molecule has 0 saturated carbocycles. The summed E-state index contributed by atoms with van der Waals surface area (Å²) in [4.78, 5) is 22.3. The number of H-pyrrole nitrogens is 1. The van der Waals surface area contributed by atoms with Crippen molar-refractivity contribution in [2.24, 2.45) is 0 Å². The van der Waals surface area contributed by atoms with Gasteiger partial charge in [-0.3, -0.25) is 5.32 Å². The molecule has 0 fully saturated rings. The molecule has 0 bridgehead atoms. The van der Waals surface area contributed by atoms with Crippen LogP contribution >= 0.6 is 0 Å². The van der Waals surface area contributed by atoms with Crippen molar-refractivity contribution in [3.63, 3.8) is 0 Å². The maximum atomic E-state index is 13.6. The normalized spacial score (nSPS) is 10.5. The number of aromatic amines is 1. The van der Waals surface area contributed by atoms with Gasteiger partial charge < -0.3 is 15.0 Å². The number of halogens is 1. The van der Waals surface area contributed by atoms with Crippen LogP contribution in [0.3, 0.4) is 0 Å². The summed E-state index contributed by atoms with van der Waals surface area (Å²) in [7, 11) is 1.26. The van der Waals surface area contributed by atoms with Gasteiger partial charge in [-0.15, -0.1) is 0 Å². The average molecular weight is 301 g/mol. The molecule has 0 aliphatic carbocycles. The predicted molar refractivity (Wildman–Crippen MR) is 79.6 cm³/mol. The number of hydrogen-bond acceptors (Lipinski definition) is 5. The summed E-state index contributed by atoms with van der Waals surface area (Å²) >= 11 is 0. The zero-order valence-electron chi connectivity index (χ0n) is 11.6. The molecule has 2 aromatic heterocycles. The number of carbonyl (C=O) groups is 1. The monoisotopic (exact) mass is 301 g/mol. The molecule has 112 valence electrons. The summed E-state index contributed by atoms with van der Waals surface area (Å²) < 4.78 is 18.1. The van der Waals surface area contributed by atoms with Crippen LogP contribution in [0.5, 0.6) is 0 Å². The third-order valence-corrected chi connectivity index (χ3v) is 2.90. The van der Waals surface area contributed by atoms with Crippen molar-refractivity contribution in [3.8, 4) is 0 Å². The predicted octanol–water partition coefficient (Wildman–Crippen LogP) is 3.02. The van der Waals surface area contributed by atoms with E-state index in [2.05, 4.69) is 30.3 Å². The third-order valence-electron chi connectivity index (χ3n) is 2.90. The molecule has 3 aromatic rings. The number of nitrogens with zero attached hydrogens (tertiary/aromatic N) is 2. The minimum Gasteiger partial charge on any atom is -0.453 e. The van der Waals surface area contributed by atoms with Crippen LogP contribution < -0.4 is 10.6 Å². The number of carbonyl (C=O) groups excluding carboxylic acids is 1. The number of hydrogen-bond donors (Lipinski definition) is 3. The quantitative estimate of drug-likeness (QED) is 0.691. The molecule has 0 aliphatic heterocycles. The van der Waals surface area contributed by atoms with E-state index in [1.807, 2.05) is 0 Å². The second kappa shape index (κ2) is 5.68. The fourth-order valence-electron chi connectivity index (χ4n) is 1.89. The molecule has 8 heteroatoms. The van der Waals surface area contributed by atoms with E-state index in [4.69, 9.17) is 0 Å². The Balaban J connectivity index is 1.86. The molecule has 0 spiro atoms. The van der Waals surface area contributed by atoms with Crippen LogP contribution in [-0.2, 0) is 4.74 Å². The number of anilines is 3. The summed E-state index contributed by atoms with van der Waals surface area (Å²) in [5.74, 6) is -0.143. The smallest absolute Gasteiger partial charge is 0.413 e. The van der Waals surface area contributed by atoms with Gasteiger partial charge in [0.15, 0.2) is 5.65 Å². The Kier molecular flexibility index (Phi) is 3.57. The van der Waals surface area contributed by atoms with Crippen LogP contribution in [-0.4, -0.2) is 28.2 Å². The summed E-state index contributed by atoms with van der Waals surface area (Å²) in [6.07, 6.45) is 0.901. The fraction of sp³-hybridized carbons (Fsp3) is 0.0714. The maximum absolute atomic E-state index is 13.6. The number of pyridine rings is 1. The minimum absolute atomic E-state index is 0.220. The molecule has 0 saturated heterocycles. The van der Waals surface area contributed by atoms with E-state index in [9.17, 15) is 9.18 Å². The maximum Gasteiger partial charge on any atom is 0.413 e. The van der Waals surface area contributed by atoms with Crippen molar-refractivity contribution in [3.05, 3.63) is 42.3 Å². The van der Waals surface area contributed by atoms with Gasteiger partial charge >= 0.3 is 6.09 Å². The molecule has 2 heterocycles. The molecule has 7 nitrogen and oxygen atoms in total.